The zero-order valence-corrected chi connectivity index (χ0v) is 18.4. The van der Waals surface area contributed by atoms with Gasteiger partial charge in [0.25, 0.3) is 5.95 Å². The molecule has 0 radical (unpaired) electrons. The minimum Gasteiger partial charge on any atom is -0.485 e. The summed E-state index contributed by atoms with van der Waals surface area (Å²) in [6.45, 7) is -0.120. The highest BCUT2D eigenvalue weighted by Crippen LogP contribution is 2.39. The minimum absolute atomic E-state index is 0.273. The van der Waals surface area contributed by atoms with Gasteiger partial charge in [0.2, 0.25) is 0 Å². The standard InChI is InChI=1S/C27H29NO5/c28-27(18-29,19-30)16-8-12-22-21-11-4-5-13-23(21)32-26(22)33-25-15-7-6-14-24(25)31-17-20-9-2-1-3-10-20/h1-7,9-11,13-15,29-30H,8,12,16-19,28H2. The van der Waals surface area contributed by atoms with Gasteiger partial charge < -0.3 is 29.8 Å². The number of furan rings is 1. The molecule has 4 aromatic rings. The maximum Gasteiger partial charge on any atom is 0.294 e. The average molecular weight is 448 g/mol. The van der Waals surface area contributed by atoms with Gasteiger partial charge in [0.05, 0.1) is 18.8 Å². The van der Waals surface area contributed by atoms with Crippen molar-refractivity contribution in [2.45, 2.75) is 31.4 Å². The lowest BCUT2D eigenvalue weighted by molar-refractivity contribution is 0.113. The molecule has 172 valence electrons. The van der Waals surface area contributed by atoms with Crippen LogP contribution in [-0.2, 0) is 13.0 Å². The second-order valence-corrected chi connectivity index (χ2v) is 8.22. The molecule has 0 aliphatic rings. The molecule has 0 aliphatic heterocycles. The first kappa shape index (κ1) is 22.9. The largest absolute Gasteiger partial charge is 0.485 e. The minimum atomic E-state index is -1.00. The van der Waals surface area contributed by atoms with E-state index in [0.29, 0.717) is 43.3 Å². The number of hydrogen-bond donors (Lipinski definition) is 3. The highest BCUT2D eigenvalue weighted by Gasteiger charge is 2.24. The van der Waals surface area contributed by atoms with Gasteiger partial charge in [0.1, 0.15) is 12.2 Å². The Morgan fingerprint density at radius 3 is 2.24 bits per heavy atom. The second-order valence-electron chi connectivity index (χ2n) is 8.22. The molecule has 3 aromatic carbocycles. The van der Waals surface area contributed by atoms with E-state index in [1.807, 2.05) is 78.9 Å². The summed E-state index contributed by atoms with van der Waals surface area (Å²) in [5, 5.41) is 19.9. The van der Waals surface area contributed by atoms with Crippen LogP contribution in [0.3, 0.4) is 0 Å². The molecule has 33 heavy (non-hydrogen) atoms. The van der Waals surface area contributed by atoms with Gasteiger partial charge in [-0.15, -0.1) is 0 Å². The molecular weight excluding hydrogens is 418 g/mol. The Labute approximate surface area is 193 Å². The van der Waals surface area contributed by atoms with Crippen molar-refractivity contribution >= 4 is 11.0 Å². The number of hydrogen-bond acceptors (Lipinski definition) is 6. The van der Waals surface area contributed by atoms with Crippen LogP contribution in [-0.4, -0.2) is 29.0 Å². The van der Waals surface area contributed by atoms with Gasteiger partial charge in [0, 0.05) is 10.9 Å². The molecular formula is C27H29NO5. The number of nitrogens with two attached hydrogens (primary N) is 1. The molecule has 4 N–H and O–H groups in total. The van der Waals surface area contributed by atoms with E-state index < -0.39 is 5.54 Å². The van der Waals surface area contributed by atoms with E-state index in [2.05, 4.69) is 0 Å². The van der Waals surface area contributed by atoms with Crippen molar-refractivity contribution in [2.24, 2.45) is 5.73 Å². The van der Waals surface area contributed by atoms with Crippen LogP contribution < -0.4 is 15.2 Å². The predicted molar refractivity (Wildman–Crippen MR) is 128 cm³/mol. The zero-order valence-electron chi connectivity index (χ0n) is 18.4. The molecule has 0 unspecified atom stereocenters. The molecule has 0 fully saturated rings. The van der Waals surface area contributed by atoms with E-state index in [4.69, 9.17) is 19.6 Å². The average Bonchev–Trinajstić information content (AvgIpc) is 3.21. The maximum atomic E-state index is 9.48. The third kappa shape index (κ3) is 5.54. The number of ether oxygens (including phenoxy) is 2. The molecule has 1 heterocycles. The number of benzene rings is 3. The Morgan fingerprint density at radius 2 is 1.48 bits per heavy atom. The van der Waals surface area contributed by atoms with Crippen LogP contribution in [0.25, 0.3) is 11.0 Å². The van der Waals surface area contributed by atoms with E-state index in [1.54, 1.807) is 0 Å². The topological polar surface area (TPSA) is 98.1 Å². The highest BCUT2D eigenvalue weighted by molar-refractivity contribution is 5.83. The highest BCUT2D eigenvalue weighted by atomic mass is 16.6. The van der Waals surface area contributed by atoms with Crippen molar-refractivity contribution in [1.29, 1.82) is 0 Å². The van der Waals surface area contributed by atoms with E-state index in [1.165, 1.54) is 0 Å². The van der Waals surface area contributed by atoms with Gasteiger partial charge in [-0.05, 0) is 43.0 Å². The predicted octanol–water partition coefficient (Wildman–Crippen LogP) is 4.81. The number of para-hydroxylation sites is 3. The Bertz CT molecular complexity index is 1170. The number of aliphatic hydroxyl groups excluding tert-OH is 2. The van der Waals surface area contributed by atoms with E-state index >= 15 is 0 Å². The first-order valence-electron chi connectivity index (χ1n) is 11.1. The van der Waals surface area contributed by atoms with Gasteiger partial charge >= 0.3 is 0 Å². The number of rotatable bonds is 11. The Balaban J connectivity index is 1.56. The van der Waals surface area contributed by atoms with Crippen LogP contribution in [0.2, 0.25) is 0 Å². The number of aryl methyl sites for hydroxylation is 1. The van der Waals surface area contributed by atoms with E-state index in [0.717, 1.165) is 22.1 Å². The van der Waals surface area contributed by atoms with E-state index in [9.17, 15) is 10.2 Å². The van der Waals surface area contributed by atoms with Gasteiger partial charge in [0.15, 0.2) is 11.5 Å². The summed E-state index contributed by atoms with van der Waals surface area (Å²) in [6, 6.07) is 25.2. The normalized spacial score (nSPS) is 11.6. The third-order valence-corrected chi connectivity index (χ3v) is 5.68. The fraction of sp³-hybridized carbons (Fsp3) is 0.259. The summed E-state index contributed by atoms with van der Waals surface area (Å²) in [7, 11) is 0. The van der Waals surface area contributed by atoms with Gasteiger partial charge in [-0.2, -0.15) is 0 Å². The summed E-state index contributed by atoms with van der Waals surface area (Å²) in [5.41, 5.74) is 7.75. The molecule has 0 aliphatic carbocycles. The quantitative estimate of drug-likeness (QED) is 0.305. The van der Waals surface area contributed by atoms with Crippen molar-refractivity contribution in [2.75, 3.05) is 13.2 Å². The molecule has 0 saturated carbocycles. The summed E-state index contributed by atoms with van der Waals surface area (Å²) in [4.78, 5) is 0. The van der Waals surface area contributed by atoms with Crippen LogP contribution in [0.15, 0.2) is 83.3 Å². The molecule has 0 saturated heterocycles. The SMILES string of the molecule is NC(CO)(CO)CCCc1c(Oc2ccccc2OCc2ccccc2)oc2ccccc12. The van der Waals surface area contributed by atoms with Crippen LogP contribution in [0.1, 0.15) is 24.0 Å². The molecule has 4 rings (SSSR count). The van der Waals surface area contributed by atoms with Crippen LogP contribution in [0.4, 0.5) is 0 Å². The van der Waals surface area contributed by atoms with Crippen molar-refractivity contribution in [1.82, 2.24) is 0 Å². The van der Waals surface area contributed by atoms with Crippen LogP contribution >= 0.6 is 0 Å². The summed E-state index contributed by atoms with van der Waals surface area (Å²) in [5.74, 6) is 1.59. The number of aliphatic hydroxyl groups is 2. The maximum absolute atomic E-state index is 9.48. The summed E-state index contributed by atoms with van der Waals surface area (Å²) < 4.78 is 18.3. The molecule has 0 amide bonds. The summed E-state index contributed by atoms with van der Waals surface area (Å²) in [6.07, 6.45) is 1.75. The Morgan fingerprint density at radius 1 is 0.818 bits per heavy atom. The van der Waals surface area contributed by atoms with Crippen LogP contribution in [0.5, 0.6) is 17.4 Å². The first-order chi connectivity index (χ1) is 16.1. The number of fused-ring (bicyclic) bond motifs is 1. The Kier molecular flexibility index (Phi) is 7.29. The smallest absolute Gasteiger partial charge is 0.294 e. The Hall–Kier alpha value is -3.32. The van der Waals surface area contributed by atoms with Gasteiger partial charge in [-0.25, -0.2) is 0 Å². The fourth-order valence-electron chi connectivity index (χ4n) is 3.71. The zero-order chi connectivity index (χ0) is 23.1. The van der Waals surface area contributed by atoms with E-state index in [-0.39, 0.29) is 13.2 Å². The van der Waals surface area contributed by atoms with Gasteiger partial charge in [-0.3, -0.25) is 0 Å². The lowest BCUT2D eigenvalue weighted by Gasteiger charge is -2.24. The summed E-state index contributed by atoms with van der Waals surface area (Å²) >= 11 is 0. The second kappa shape index (κ2) is 10.5. The molecule has 6 heteroatoms. The monoisotopic (exact) mass is 447 g/mol. The fourth-order valence-corrected chi connectivity index (χ4v) is 3.71. The molecule has 6 nitrogen and oxygen atoms in total. The van der Waals surface area contributed by atoms with Crippen molar-refractivity contribution in [3.8, 4) is 17.4 Å². The van der Waals surface area contributed by atoms with Crippen LogP contribution in [0, 0.1) is 0 Å². The van der Waals surface area contributed by atoms with Crippen molar-refractivity contribution in [3.63, 3.8) is 0 Å². The van der Waals surface area contributed by atoms with Crippen molar-refractivity contribution < 1.29 is 24.1 Å². The molecule has 0 atom stereocenters. The first-order valence-corrected chi connectivity index (χ1v) is 11.1. The lowest BCUT2D eigenvalue weighted by Crippen LogP contribution is -2.47. The molecule has 0 bridgehead atoms. The van der Waals surface area contributed by atoms with Gasteiger partial charge in [-0.1, -0.05) is 60.7 Å². The van der Waals surface area contributed by atoms with Crippen molar-refractivity contribution in [3.05, 3.63) is 90.0 Å². The lowest BCUT2D eigenvalue weighted by atomic mass is 9.94. The molecule has 0 spiro atoms. The third-order valence-electron chi connectivity index (χ3n) is 5.68. The molecule has 1 aromatic heterocycles.